The molecule has 12 nitrogen and oxygen atoms in total. The molecule has 5 rings (SSSR count). The predicted octanol–water partition coefficient (Wildman–Crippen LogP) is 5.53. The van der Waals surface area contributed by atoms with Gasteiger partial charge in [-0.25, -0.2) is 0 Å². The Morgan fingerprint density at radius 1 is 0.881 bits per heavy atom. The minimum Gasteiger partial charge on any atom is -0.450 e. The summed E-state index contributed by atoms with van der Waals surface area (Å²) in [7, 11) is 0. The van der Waals surface area contributed by atoms with Crippen molar-refractivity contribution in [2.24, 2.45) is 0 Å². The summed E-state index contributed by atoms with van der Waals surface area (Å²) in [5, 5.41) is 25.0. The van der Waals surface area contributed by atoms with Crippen LogP contribution < -0.4 is 15.0 Å². The van der Waals surface area contributed by atoms with Crippen LogP contribution in [0.2, 0.25) is 0 Å². The lowest BCUT2D eigenvalue weighted by atomic mass is 10.1. The number of nitrogens with zero attached hydrogens (tertiary/aromatic N) is 4. The van der Waals surface area contributed by atoms with E-state index in [-0.39, 0.29) is 22.2 Å². The van der Waals surface area contributed by atoms with E-state index in [9.17, 15) is 29.8 Å². The molecule has 0 radical (unpaired) electrons. The van der Waals surface area contributed by atoms with Gasteiger partial charge in [-0.2, -0.15) is 0 Å². The number of carbonyl (C=O) groups is 2. The number of hydrogen-bond donors (Lipinski definition) is 1. The second-order valence-electron chi connectivity index (χ2n) is 9.22. The summed E-state index contributed by atoms with van der Waals surface area (Å²) in [5.74, 6) is -0.993. The monoisotopic (exact) mass is 583 g/mol. The van der Waals surface area contributed by atoms with Crippen molar-refractivity contribution in [1.82, 2.24) is 9.88 Å². The second kappa shape index (κ2) is 11.1. The molecule has 1 aliphatic rings. The summed E-state index contributed by atoms with van der Waals surface area (Å²) in [5.41, 5.74) is 2.46. The lowest BCUT2D eigenvalue weighted by molar-refractivity contribution is -0.394. The van der Waals surface area contributed by atoms with Crippen LogP contribution in [0.1, 0.15) is 17.0 Å². The standard InChI is InChI=1S/C29H21N5O7S/c1-17-14-19(15-24-27(35)30-29(42)32(28(24)36)20-6-4-3-5-7-20)18(2)31(17)21-8-11-23(12-9-21)41-26-13-10-22(33(37)38)16-25(26)34(39)40/h3-16H,1-2H3,(H,30,35,42)/b24-15+. The molecule has 1 N–H and O–H groups in total. The molecular weight excluding hydrogens is 562 g/mol. The van der Waals surface area contributed by atoms with Crippen LogP contribution in [0.3, 0.4) is 0 Å². The van der Waals surface area contributed by atoms with Crippen molar-refractivity contribution in [3.8, 4) is 17.2 Å². The van der Waals surface area contributed by atoms with Gasteiger partial charge in [-0.3, -0.25) is 40.0 Å². The third-order valence-electron chi connectivity index (χ3n) is 6.56. The molecule has 210 valence electrons. The number of ether oxygens (including phenoxy) is 1. The third kappa shape index (κ3) is 5.23. The van der Waals surface area contributed by atoms with Crippen LogP contribution in [0.5, 0.6) is 11.5 Å². The van der Waals surface area contributed by atoms with E-state index in [0.717, 1.165) is 29.2 Å². The molecule has 0 spiro atoms. The maximum absolute atomic E-state index is 13.3. The molecule has 1 saturated heterocycles. The Morgan fingerprint density at radius 2 is 1.57 bits per heavy atom. The number of hydrogen-bond acceptors (Lipinski definition) is 8. The van der Waals surface area contributed by atoms with Gasteiger partial charge in [-0.1, -0.05) is 18.2 Å². The molecule has 1 aliphatic heterocycles. The fraction of sp³-hybridized carbons (Fsp3) is 0.0690. The van der Waals surface area contributed by atoms with Gasteiger partial charge in [0.15, 0.2) is 5.11 Å². The fourth-order valence-corrected chi connectivity index (χ4v) is 4.88. The topological polar surface area (TPSA) is 150 Å². The number of amides is 2. The number of aromatic nitrogens is 1. The molecule has 1 aromatic heterocycles. The summed E-state index contributed by atoms with van der Waals surface area (Å²) in [6, 6.07) is 20.5. The first-order valence-corrected chi connectivity index (χ1v) is 12.8. The van der Waals surface area contributed by atoms with Gasteiger partial charge >= 0.3 is 5.69 Å². The Bertz CT molecular complexity index is 1810. The van der Waals surface area contributed by atoms with E-state index in [1.54, 1.807) is 48.5 Å². The number of para-hydroxylation sites is 1. The van der Waals surface area contributed by atoms with E-state index in [0.29, 0.717) is 11.3 Å². The minimum absolute atomic E-state index is 0.000175. The molecule has 4 aromatic rings. The molecule has 2 heterocycles. The van der Waals surface area contributed by atoms with Gasteiger partial charge in [-0.05, 0) is 86.2 Å². The number of nitro groups is 2. The van der Waals surface area contributed by atoms with Crippen molar-refractivity contribution in [3.63, 3.8) is 0 Å². The molecule has 13 heteroatoms. The quantitative estimate of drug-likeness (QED) is 0.0980. The average Bonchev–Trinajstić information content (AvgIpc) is 3.24. The summed E-state index contributed by atoms with van der Waals surface area (Å²) >= 11 is 5.25. The number of nitro benzene ring substituents is 2. The number of benzene rings is 3. The van der Waals surface area contributed by atoms with Gasteiger partial charge in [-0.15, -0.1) is 0 Å². The Kier molecular flexibility index (Phi) is 7.34. The van der Waals surface area contributed by atoms with E-state index >= 15 is 0 Å². The van der Waals surface area contributed by atoms with Crippen molar-refractivity contribution < 1.29 is 24.2 Å². The van der Waals surface area contributed by atoms with Gasteiger partial charge in [0.05, 0.1) is 21.6 Å². The van der Waals surface area contributed by atoms with Gasteiger partial charge in [0, 0.05) is 23.1 Å². The Labute approximate surface area is 243 Å². The maximum atomic E-state index is 13.3. The third-order valence-corrected chi connectivity index (χ3v) is 6.84. The highest BCUT2D eigenvalue weighted by Crippen LogP contribution is 2.35. The highest BCUT2D eigenvalue weighted by molar-refractivity contribution is 7.80. The highest BCUT2D eigenvalue weighted by Gasteiger charge is 2.34. The maximum Gasteiger partial charge on any atom is 0.318 e. The van der Waals surface area contributed by atoms with Gasteiger partial charge in [0.25, 0.3) is 17.5 Å². The van der Waals surface area contributed by atoms with Crippen molar-refractivity contribution in [2.45, 2.75) is 13.8 Å². The summed E-state index contributed by atoms with van der Waals surface area (Å²) < 4.78 is 7.57. The average molecular weight is 584 g/mol. The largest absolute Gasteiger partial charge is 0.450 e. The van der Waals surface area contributed by atoms with Crippen LogP contribution in [0.25, 0.3) is 11.8 Å². The zero-order valence-corrected chi connectivity index (χ0v) is 23.0. The first kappa shape index (κ1) is 27.9. The van der Waals surface area contributed by atoms with Crippen molar-refractivity contribution >= 4 is 52.3 Å². The van der Waals surface area contributed by atoms with E-state index in [4.69, 9.17) is 17.0 Å². The normalized spacial score (nSPS) is 14.2. The van der Waals surface area contributed by atoms with Crippen LogP contribution in [-0.2, 0) is 9.59 Å². The zero-order valence-electron chi connectivity index (χ0n) is 22.1. The molecule has 0 saturated carbocycles. The van der Waals surface area contributed by atoms with Crippen molar-refractivity contribution in [3.05, 3.63) is 122 Å². The number of carbonyl (C=O) groups excluding carboxylic acids is 2. The zero-order chi connectivity index (χ0) is 30.1. The molecular formula is C29H21N5O7S. The first-order chi connectivity index (χ1) is 20.0. The van der Waals surface area contributed by atoms with Crippen LogP contribution >= 0.6 is 12.2 Å². The molecule has 2 amide bonds. The number of aryl methyl sites for hydroxylation is 1. The number of thiocarbonyl (C=S) groups is 1. The summed E-state index contributed by atoms with van der Waals surface area (Å²) in [6.45, 7) is 3.71. The molecule has 3 aromatic carbocycles. The lowest BCUT2D eigenvalue weighted by Crippen LogP contribution is -2.54. The molecule has 0 bridgehead atoms. The number of nitrogens with one attached hydrogen (secondary N) is 1. The summed E-state index contributed by atoms with van der Waals surface area (Å²) in [4.78, 5) is 48.3. The molecule has 0 atom stereocenters. The van der Waals surface area contributed by atoms with Crippen LogP contribution in [0.4, 0.5) is 17.1 Å². The van der Waals surface area contributed by atoms with Crippen molar-refractivity contribution in [1.29, 1.82) is 0 Å². The van der Waals surface area contributed by atoms with E-state index < -0.39 is 33.0 Å². The van der Waals surface area contributed by atoms with E-state index in [2.05, 4.69) is 5.32 Å². The smallest absolute Gasteiger partial charge is 0.318 e. The van der Waals surface area contributed by atoms with E-state index in [1.165, 1.54) is 17.0 Å². The van der Waals surface area contributed by atoms with Crippen molar-refractivity contribution in [2.75, 3.05) is 4.90 Å². The molecule has 42 heavy (non-hydrogen) atoms. The van der Waals surface area contributed by atoms with Crippen LogP contribution in [0, 0.1) is 34.1 Å². The number of anilines is 1. The van der Waals surface area contributed by atoms with Crippen LogP contribution in [-0.4, -0.2) is 31.3 Å². The van der Waals surface area contributed by atoms with Crippen LogP contribution in [0.15, 0.2) is 84.4 Å². The molecule has 0 aliphatic carbocycles. The Morgan fingerprint density at radius 3 is 2.21 bits per heavy atom. The summed E-state index contributed by atoms with van der Waals surface area (Å²) in [6.07, 6.45) is 1.53. The first-order valence-electron chi connectivity index (χ1n) is 12.4. The van der Waals surface area contributed by atoms with E-state index in [1.807, 2.05) is 30.5 Å². The lowest BCUT2D eigenvalue weighted by Gasteiger charge is -2.28. The fourth-order valence-electron chi connectivity index (χ4n) is 4.59. The SMILES string of the molecule is Cc1cc(/C=C2\C(=O)NC(=S)N(c3ccccc3)C2=O)c(C)n1-c1ccc(Oc2ccc([N+](=O)[O-])cc2[N+](=O)[O-])cc1. The predicted molar refractivity (Wildman–Crippen MR) is 158 cm³/mol. The number of rotatable bonds is 7. The van der Waals surface area contributed by atoms with Gasteiger partial charge < -0.3 is 9.30 Å². The number of non-ortho nitro benzene ring substituents is 1. The molecule has 0 unspecified atom stereocenters. The van der Waals surface area contributed by atoms with Gasteiger partial charge in [0.2, 0.25) is 5.75 Å². The minimum atomic E-state index is -0.747. The molecule has 1 fully saturated rings. The Balaban J connectivity index is 1.43. The van der Waals surface area contributed by atoms with Gasteiger partial charge in [0.1, 0.15) is 11.3 Å². The Hall–Kier alpha value is -5.69. The second-order valence-corrected chi connectivity index (χ2v) is 9.60. The highest BCUT2D eigenvalue weighted by atomic mass is 32.1.